The molecule has 1 aliphatic carbocycles. The third-order valence-electron chi connectivity index (χ3n) is 2.85. The quantitative estimate of drug-likeness (QED) is 0.219. The van der Waals surface area contributed by atoms with Gasteiger partial charge in [-0.15, -0.1) is 0 Å². The molecule has 0 aromatic carbocycles. The van der Waals surface area contributed by atoms with Gasteiger partial charge in [0, 0.05) is 0 Å². The van der Waals surface area contributed by atoms with Crippen molar-refractivity contribution in [1.82, 2.24) is 0 Å². The summed E-state index contributed by atoms with van der Waals surface area (Å²) in [6.07, 6.45) is 0. The molecule has 0 bridgehead atoms. The van der Waals surface area contributed by atoms with Crippen LogP contribution >= 0.6 is 0 Å². The van der Waals surface area contributed by atoms with Crippen LogP contribution in [0.1, 0.15) is 0 Å². The van der Waals surface area contributed by atoms with E-state index in [-0.39, 0.29) is 0 Å². The Morgan fingerprint density at radius 1 is 0.870 bits per heavy atom. The highest BCUT2D eigenvalue weighted by Crippen LogP contribution is 2.35. The minimum absolute atomic E-state index is 0.692. The van der Waals surface area contributed by atoms with Crippen LogP contribution in [0.25, 0.3) is 5.41 Å². The predicted molar refractivity (Wildman–Crippen MR) is 72.6 cm³/mol. The second-order valence-corrected chi connectivity index (χ2v) is 3.90. The fourth-order valence-electron chi connectivity index (χ4n) is 1.89. The molecule has 0 radical (unpaired) electrons. The molecular formula is C14H9N2O7-. The van der Waals surface area contributed by atoms with Crippen LogP contribution in [-0.2, 0) is 33.4 Å². The Kier molecular flexibility index (Phi) is 5.32. The molecule has 0 saturated carbocycles. The molecule has 0 spiro atoms. The van der Waals surface area contributed by atoms with Crippen molar-refractivity contribution >= 4 is 29.6 Å². The van der Waals surface area contributed by atoms with Crippen LogP contribution < -0.4 is 0 Å². The smallest absolute Gasteiger partial charge is 0.342 e. The highest BCUT2D eigenvalue weighted by atomic mass is 16.5. The molecule has 0 unspecified atom stereocenters. The van der Waals surface area contributed by atoms with E-state index in [0.717, 1.165) is 21.3 Å². The van der Waals surface area contributed by atoms with Crippen LogP contribution in [0.5, 0.6) is 0 Å². The lowest BCUT2D eigenvalue weighted by molar-refractivity contribution is -0.140. The first kappa shape index (κ1) is 17.6. The summed E-state index contributed by atoms with van der Waals surface area (Å²) in [6, 6.07) is 1.43. The van der Waals surface area contributed by atoms with E-state index in [1.165, 1.54) is 11.9 Å². The van der Waals surface area contributed by atoms with E-state index >= 15 is 0 Å². The minimum Gasteiger partial charge on any atom is -0.762 e. The normalized spacial score (nSPS) is 13.2. The van der Waals surface area contributed by atoms with Crippen molar-refractivity contribution in [2.75, 3.05) is 21.3 Å². The Morgan fingerprint density at radius 2 is 1.26 bits per heavy atom. The maximum atomic E-state index is 12.4. The number of methoxy groups -OCH3 is 3. The van der Waals surface area contributed by atoms with Crippen LogP contribution in [0, 0.1) is 11.3 Å². The second kappa shape index (κ2) is 6.98. The van der Waals surface area contributed by atoms with Crippen LogP contribution in [0.3, 0.4) is 0 Å². The Bertz CT molecular complexity index is 773. The third kappa shape index (κ3) is 2.79. The number of nitrogens with zero attached hydrogens (tertiary/aromatic N) is 2. The Morgan fingerprint density at radius 3 is 1.61 bits per heavy atom. The van der Waals surface area contributed by atoms with Gasteiger partial charge in [-0.25, -0.2) is 20.3 Å². The average Bonchev–Trinajstić information content (AvgIpc) is 2.87. The number of rotatable bonds is 4. The highest BCUT2D eigenvalue weighted by molar-refractivity contribution is 6.37. The molecule has 0 aromatic heterocycles. The Balaban J connectivity index is 3.89. The van der Waals surface area contributed by atoms with Crippen molar-refractivity contribution in [2.24, 2.45) is 0 Å². The molecule has 118 valence electrons. The van der Waals surface area contributed by atoms with Gasteiger partial charge in [0.15, 0.2) is 0 Å². The third-order valence-corrected chi connectivity index (χ3v) is 2.85. The van der Waals surface area contributed by atoms with Gasteiger partial charge in [-0.1, -0.05) is 0 Å². The largest absolute Gasteiger partial charge is 0.762 e. The van der Waals surface area contributed by atoms with Crippen molar-refractivity contribution in [3.63, 3.8) is 0 Å². The van der Waals surface area contributed by atoms with Crippen LogP contribution in [0.4, 0.5) is 0 Å². The minimum atomic E-state index is -1.22. The first-order valence-electron chi connectivity index (χ1n) is 5.85. The van der Waals surface area contributed by atoms with E-state index in [0.29, 0.717) is 0 Å². The number of hydrogen-bond acceptors (Lipinski definition) is 8. The molecule has 0 N–H and O–H groups in total. The van der Waals surface area contributed by atoms with Crippen molar-refractivity contribution in [3.8, 4) is 6.07 Å². The summed E-state index contributed by atoms with van der Waals surface area (Å²) in [5.74, 6) is -3.34. The van der Waals surface area contributed by atoms with Gasteiger partial charge in [0.05, 0.1) is 43.6 Å². The predicted octanol–water partition coefficient (Wildman–Crippen LogP) is -0.630. The lowest BCUT2D eigenvalue weighted by Crippen LogP contribution is -2.18. The van der Waals surface area contributed by atoms with Gasteiger partial charge >= 0.3 is 17.9 Å². The second-order valence-electron chi connectivity index (χ2n) is 3.90. The zero-order valence-corrected chi connectivity index (χ0v) is 12.3. The lowest BCUT2D eigenvalue weighted by Gasteiger charge is -2.07. The van der Waals surface area contributed by atoms with Gasteiger partial charge in [0.1, 0.15) is 11.6 Å². The Labute approximate surface area is 129 Å². The molecule has 1 aliphatic rings. The fourth-order valence-corrected chi connectivity index (χ4v) is 1.89. The number of esters is 3. The Hall–Kier alpha value is -3.50. The maximum absolute atomic E-state index is 12.4. The van der Waals surface area contributed by atoms with Gasteiger partial charge in [-0.3, -0.25) is 4.79 Å². The van der Waals surface area contributed by atoms with Crippen molar-refractivity contribution in [1.29, 1.82) is 5.26 Å². The van der Waals surface area contributed by atoms with Gasteiger partial charge in [-0.2, -0.15) is 5.26 Å². The zero-order chi connectivity index (χ0) is 17.7. The summed E-state index contributed by atoms with van der Waals surface area (Å²) in [5, 5.41) is 17.9. The van der Waals surface area contributed by atoms with E-state index in [2.05, 4.69) is 14.2 Å². The number of allylic oxidation sites excluding steroid dienone is 2. The molecule has 9 nitrogen and oxygen atoms in total. The topological polar surface area (TPSA) is 142 Å². The number of carbonyl (C=O) groups excluding carboxylic acids is 4. The molecule has 0 fully saturated rings. The molecule has 1 rings (SSSR count). The van der Waals surface area contributed by atoms with Gasteiger partial charge in [0.2, 0.25) is 5.78 Å². The van der Waals surface area contributed by atoms with Gasteiger partial charge in [0.25, 0.3) is 0 Å². The summed E-state index contributed by atoms with van der Waals surface area (Å²) in [6.45, 7) is 0. The number of Topliss-reactive ketones (excluding diaryl/α,β-unsaturated/α-hetero) is 1. The number of nitriles is 1. The lowest BCUT2D eigenvalue weighted by atomic mass is 10.00. The molecule has 0 aromatic rings. The van der Waals surface area contributed by atoms with Crippen molar-refractivity contribution in [2.45, 2.75) is 0 Å². The van der Waals surface area contributed by atoms with Gasteiger partial charge < -0.3 is 19.6 Å². The van der Waals surface area contributed by atoms with Gasteiger partial charge in [-0.05, 0) is 0 Å². The fraction of sp³-hybridized carbons (Fsp3) is 0.214. The number of ketones is 1. The maximum Gasteiger partial charge on any atom is 0.342 e. The zero-order valence-electron chi connectivity index (χ0n) is 12.3. The molecule has 23 heavy (non-hydrogen) atoms. The van der Waals surface area contributed by atoms with Crippen LogP contribution in [-0.4, -0.2) is 50.9 Å². The SMILES string of the molecule is COC(=O)C1=C(C(=O)OC)C(C(=O)OC)=C(C(=C=[N-])C#N)C1=O. The summed E-state index contributed by atoms with van der Waals surface area (Å²) in [5.41, 5.74) is -3.67. The molecular weight excluding hydrogens is 308 g/mol. The van der Waals surface area contributed by atoms with Crippen molar-refractivity contribution < 1.29 is 33.4 Å². The summed E-state index contributed by atoms with van der Waals surface area (Å²) >= 11 is 0. The molecule has 0 atom stereocenters. The first-order valence-corrected chi connectivity index (χ1v) is 5.85. The average molecular weight is 317 g/mol. The van der Waals surface area contributed by atoms with Crippen LogP contribution in [0.2, 0.25) is 0 Å². The monoisotopic (exact) mass is 317 g/mol. The van der Waals surface area contributed by atoms with E-state index in [1.54, 1.807) is 0 Å². The number of hydrogen-bond donors (Lipinski definition) is 0. The van der Waals surface area contributed by atoms with Crippen LogP contribution in [0.15, 0.2) is 27.9 Å². The molecule has 0 heterocycles. The number of carbonyl (C=O) groups is 4. The van der Waals surface area contributed by atoms with Crippen molar-refractivity contribution in [3.05, 3.63) is 33.3 Å². The highest BCUT2D eigenvalue weighted by Gasteiger charge is 2.45. The first-order chi connectivity index (χ1) is 10.9. The summed E-state index contributed by atoms with van der Waals surface area (Å²) in [7, 11) is 2.87. The molecule has 0 aliphatic heterocycles. The van der Waals surface area contributed by atoms with E-state index < -0.39 is 51.6 Å². The van der Waals surface area contributed by atoms with E-state index in [9.17, 15) is 19.2 Å². The van der Waals surface area contributed by atoms with E-state index in [1.807, 2.05) is 0 Å². The molecule has 0 amide bonds. The molecule has 9 heteroatoms. The van der Waals surface area contributed by atoms with E-state index in [4.69, 9.17) is 10.7 Å². The summed E-state index contributed by atoms with van der Waals surface area (Å²) in [4.78, 5) is 48.0. The standard InChI is InChI=1S/C14H9N2O7/c1-21-12(18)8-7(6(4-15)5-16)11(17)10(14(20)23-3)9(8)13(19)22-2/h1-3H3/q-1. The number of ether oxygens (including phenoxy) is 3. The molecule has 0 saturated heterocycles. The summed E-state index contributed by atoms with van der Waals surface area (Å²) < 4.78 is 13.3.